The number of piperidine rings is 1. The molecule has 2 fully saturated rings. The molecule has 1 aromatic rings. The maximum absolute atomic E-state index is 13.1. The second-order valence-corrected chi connectivity index (χ2v) is 8.02. The Labute approximate surface area is 161 Å². The molecule has 1 amide bonds. The van der Waals surface area contributed by atoms with Crippen molar-refractivity contribution in [2.75, 3.05) is 44.2 Å². The van der Waals surface area contributed by atoms with E-state index in [9.17, 15) is 9.18 Å². The molecule has 0 unspecified atom stereocenters. The molecular weight excluding hydrogens is 341 g/mol. The van der Waals surface area contributed by atoms with E-state index in [1.54, 1.807) is 0 Å². The number of hydrogen-bond donors (Lipinski definition) is 0. The molecule has 0 spiro atoms. The van der Waals surface area contributed by atoms with Gasteiger partial charge in [-0.05, 0) is 62.8 Å². The summed E-state index contributed by atoms with van der Waals surface area (Å²) in [6.45, 7) is 5.71. The Morgan fingerprint density at radius 2 is 1.74 bits per heavy atom. The molecule has 2 aliphatic heterocycles. The van der Waals surface area contributed by atoms with Gasteiger partial charge in [0.1, 0.15) is 5.82 Å². The van der Waals surface area contributed by atoms with Crippen molar-refractivity contribution in [3.8, 4) is 0 Å². The summed E-state index contributed by atoms with van der Waals surface area (Å²) in [6.07, 6.45) is 8.83. The van der Waals surface area contributed by atoms with Crippen molar-refractivity contribution >= 4 is 11.6 Å². The fourth-order valence-corrected chi connectivity index (χ4v) is 4.67. The Morgan fingerprint density at radius 1 is 0.963 bits per heavy atom. The molecular formula is C22H30FN3O. The first kappa shape index (κ1) is 18.5. The molecule has 3 aliphatic rings. The standard InChI is InChI=1S/C22H30FN3O/c23-19-8-10-20(11-9-19)24-13-15-25(16-14-24)21-7-4-12-26(17-21)22(27)18-5-2-1-3-6-18/h5,8-11,21H,1-4,6-7,12-17H2/t21-/m0/s1. The van der Waals surface area contributed by atoms with Gasteiger partial charge in [-0.3, -0.25) is 9.69 Å². The molecule has 27 heavy (non-hydrogen) atoms. The lowest BCUT2D eigenvalue weighted by Gasteiger charge is -2.44. The van der Waals surface area contributed by atoms with E-state index in [1.807, 2.05) is 12.1 Å². The summed E-state index contributed by atoms with van der Waals surface area (Å²) in [5.41, 5.74) is 2.14. The highest BCUT2D eigenvalue weighted by molar-refractivity contribution is 5.93. The predicted octanol–water partition coefficient (Wildman–Crippen LogP) is 3.44. The lowest BCUT2D eigenvalue weighted by Crippen LogP contribution is -2.56. The normalized spacial score (nSPS) is 24.6. The zero-order chi connectivity index (χ0) is 18.6. The van der Waals surface area contributed by atoms with Crippen LogP contribution >= 0.6 is 0 Å². The minimum atomic E-state index is -0.183. The maximum Gasteiger partial charge on any atom is 0.249 e. The summed E-state index contributed by atoms with van der Waals surface area (Å²) in [7, 11) is 0. The number of carbonyl (C=O) groups excluding carboxylic acids is 1. The first-order valence-corrected chi connectivity index (χ1v) is 10.4. The van der Waals surface area contributed by atoms with E-state index in [2.05, 4.69) is 20.8 Å². The number of halogens is 1. The first-order valence-electron chi connectivity index (χ1n) is 10.4. The molecule has 1 atom stereocenters. The fraction of sp³-hybridized carbons (Fsp3) is 0.591. The largest absolute Gasteiger partial charge is 0.369 e. The predicted molar refractivity (Wildman–Crippen MR) is 106 cm³/mol. The van der Waals surface area contributed by atoms with Gasteiger partial charge in [-0.2, -0.15) is 0 Å². The third kappa shape index (κ3) is 4.34. The summed E-state index contributed by atoms with van der Waals surface area (Å²) in [5, 5.41) is 0. The molecule has 4 rings (SSSR count). The summed E-state index contributed by atoms with van der Waals surface area (Å²) >= 11 is 0. The molecule has 0 aromatic heterocycles. The van der Waals surface area contributed by atoms with Crippen molar-refractivity contribution < 1.29 is 9.18 Å². The average molecular weight is 372 g/mol. The molecule has 0 saturated carbocycles. The van der Waals surface area contributed by atoms with Crippen molar-refractivity contribution in [1.29, 1.82) is 0 Å². The monoisotopic (exact) mass is 371 g/mol. The van der Waals surface area contributed by atoms with E-state index in [1.165, 1.54) is 25.0 Å². The van der Waals surface area contributed by atoms with Crippen LogP contribution in [0.2, 0.25) is 0 Å². The van der Waals surface area contributed by atoms with Crippen LogP contribution < -0.4 is 4.90 Å². The summed E-state index contributed by atoms with van der Waals surface area (Å²) in [5.74, 6) is 0.0989. The quantitative estimate of drug-likeness (QED) is 0.814. The van der Waals surface area contributed by atoms with Crippen LogP contribution in [0.15, 0.2) is 35.9 Å². The molecule has 0 bridgehead atoms. The van der Waals surface area contributed by atoms with Crippen LogP contribution in [0, 0.1) is 5.82 Å². The van der Waals surface area contributed by atoms with Crippen molar-refractivity contribution in [3.05, 3.63) is 41.7 Å². The van der Waals surface area contributed by atoms with Gasteiger partial charge in [-0.1, -0.05) is 6.08 Å². The minimum Gasteiger partial charge on any atom is -0.369 e. The number of nitrogens with zero attached hydrogens (tertiary/aromatic N) is 3. The van der Waals surface area contributed by atoms with Gasteiger partial charge in [0.2, 0.25) is 5.91 Å². The van der Waals surface area contributed by atoms with Gasteiger partial charge < -0.3 is 9.80 Å². The third-order valence-corrected chi connectivity index (χ3v) is 6.27. The van der Waals surface area contributed by atoms with E-state index in [0.717, 1.165) is 76.2 Å². The topological polar surface area (TPSA) is 26.8 Å². The van der Waals surface area contributed by atoms with Gasteiger partial charge in [0.25, 0.3) is 0 Å². The van der Waals surface area contributed by atoms with E-state index in [4.69, 9.17) is 0 Å². The van der Waals surface area contributed by atoms with Crippen LogP contribution in [0.3, 0.4) is 0 Å². The molecule has 0 radical (unpaired) electrons. The van der Waals surface area contributed by atoms with E-state index < -0.39 is 0 Å². The van der Waals surface area contributed by atoms with E-state index >= 15 is 0 Å². The van der Waals surface area contributed by atoms with Gasteiger partial charge in [-0.25, -0.2) is 4.39 Å². The van der Waals surface area contributed by atoms with Gasteiger partial charge in [-0.15, -0.1) is 0 Å². The minimum absolute atomic E-state index is 0.183. The number of likely N-dealkylation sites (tertiary alicyclic amines) is 1. The average Bonchev–Trinajstić information content (AvgIpc) is 2.75. The van der Waals surface area contributed by atoms with Crippen LogP contribution in [0.5, 0.6) is 0 Å². The number of carbonyl (C=O) groups is 1. The molecule has 146 valence electrons. The first-order chi connectivity index (χ1) is 13.2. The Morgan fingerprint density at radius 3 is 2.44 bits per heavy atom. The molecule has 4 nitrogen and oxygen atoms in total. The highest BCUT2D eigenvalue weighted by Gasteiger charge is 2.31. The molecule has 0 N–H and O–H groups in total. The van der Waals surface area contributed by atoms with Gasteiger partial charge in [0.05, 0.1) is 0 Å². The highest BCUT2D eigenvalue weighted by Crippen LogP contribution is 2.24. The molecule has 5 heteroatoms. The number of anilines is 1. The second kappa shape index (κ2) is 8.42. The zero-order valence-corrected chi connectivity index (χ0v) is 16.1. The number of piperazine rings is 1. The number of allylic oxidation sites excluding steroid dienone is 1. The summed E-state index contributed by atoms with van der Waals surface area (Å²) in [6, 6.07) is 7.27. The second-order valence-electron chi connectivity index (χ2n) is 8.02. The van der Waals surface area contributed by atoms with Gasteiger partial charge in [0, 0.05) is 56.6 Å². The van der Waals surface area contributed by atoms with Crippen LogP contribution in [0.25, 0.3) is 0 Å². The summed E-state index contributed by atoms with van der Waals surface area (Å²) < 4.78 is 13.1. The SMILES string of the molecule is O=C(C1=CCCCC1)N1CCC[C@H](N2CCN(c3ccc(F)cc3)CC2)C1. The smallest absolute Gasteiger partial charge is 0.249 e. The van der Waals surface area contributed by atoms with Gasteiger partial charge >= 0.3 is 0 Å². The highest BCUT2D eigenvalue weighted by atomic mass is 19.1. The number of amides is 1. The Bertz CT molecular complexity index is 679. The Hall–Kier alpha value is -1.88. The lowest BCUT2D eigenvalue weighted by atomic mass is 9.96. The van der Waals surface area contributed by atoms with Crippen molar-refractivity contribution in [3.63, 3.8) is 0 Å². The number of benzene rings is 1. The van der Waals surface area contributed by atoms with Crippen LogP contribution in [-0.2, 0) is 4.79 Å². The van der Waals surface area contributed by atoms with E-state index in [0.29, 0.717) is 6.04 Å². The zero-order valence-electron chi connectivity index (χ0n) is 16.1. The van der Waals surface area contributed by atoms with E-state index in [-0.39, 0.29) is 11.7 Å². The third-order valence-electron chi connectivity index (χ3n) is 6.27. The maximum atomic E-state index is 13.1. The summed E-state index contributed by atoms with van der Waals surface area (Å²) in [4.78, 5) is 19.8. The van der Waals surface area contributed by atoms with Crippen LogP contribution in [-0.4, -0.2) is 61.0 Å². The molecule has 1 aliphatic carbocycles. The number of hydrogen-bond acceptors (Lipinski definition) is 3. The molecule has 2 heterocycles. The van der Waals surface area contributed by atoms with Gasteiger partial charge in [0.15, 0.2) is 0 Å². The molecule has 2 saturated heterocycles. The van der Waals surface area contributed by atoms with Crippen molar-refractivity contribution in [2.24, 2.45) is 0 Å². The van der Waals surface area contributed by atoms with Crippen molar-refractivity contribution in [1.82, 2.24) is 9.80 Å². The van der Waals surface area contributed by atoms with Crippen molar-refractivity contribution in [2.45, 2.75) is 44.6 Å². The number of rotatable bonds is 3. The lowest BCUT2D eigenvalue weighted by molar-refractivity contribution is -0.129. The van der Waals surface area contributed by atoms with Crippen LogP contribution in [0.4, 0.5) is 10.1 Å². The fourth-order valence-electron chi connectivity index (χ4n) is 4.67. The molecule has 1 aromatic carbocycles. The Balaban J connectivity index is 1.32. The van der Waals surface area contributed by atoms with Crippen LogP contribution in [0.1, 0.15) is 38.5 Å². The Kier molecular flexibility index (Phi) is 5.77.